The molecule has 4 atom stereocenters. The van der Waals surface area contributed by atoms with Gasteiger partial charge < -0.3 is 30.6 Å². The number of nitrogens with one attached hydrogen (secondary N) is 3. The van der Waals surface area contributed by atoms with Crippen LogP contribution >= 0.6 is 0 Å². The van der Waals surface area contributed by atoms with E-state index >= 15 is 0 Å². The fourth-order valence-corrected chi connectivity index (χ4v) is 5.39. The molecule has 0 saturated carbocycles. The molecule has 43 heavy (non-hydrogen) atoms. The lowest BCUT2D eigenvalue weighted by Gasteiger charge is -2.23. The van der Waals surface area contributed by atoms with Crippen LogP contribution in [0, 0.1) is 0 Å². The number of carbonyl (C=O) groups is 1. The number of anilines is 1. The Bertz CT molecular complexity index is 1860. The van der Waals surface area contributed by atoms with Gasteiger partial charge in [0, 0.05) is 5.56 Å². The molecule has 1 aliphatic rings. The van der Waals surface area contributed by atoms with E-state index in [9.17, 15) is 15.0 Å². The Morgan fingerprint density at radius 3 is 2.51 bits per heavy atom. The highest BCUT2D eigenvalue weighted by Gasteiger charge is 2.46. The monoisotopic (exact) mass is 576 g/mol. The number of imidazole rings is 2. The molecule has 7 rings (SSSR count). The largest absolute Gasteiger partial charge is 0.394 e. The van der Waals surface area contributed by atoms with Crippen molar-refractivity contribution in [2.24, 2.45) is 0 Å². The minimum absolute atomic E-state index is 0.376. The van der Waals surface area contributed by atoms with Gasteiger partial charge in [-0.05, 0) is 35.4 Å². The Kier molecular flexibility index (Phi) is 6.99. The minimum atomic E-state index is -1.17. The van der Waals surface area contributed by atoms with Crippen LogP contribution in [0.2, 0.25) is 0 Å². The highest BCUT2D eigenvalue weighted by molar-refractivity contribution is 5.95. The van der Waals surface area contributed by atoms with E-state index in [1.807, 2.05) is 66.7 Å². The Hall–Kier alpha value is -5.17. The van der Waals surface area contributed by atoms with Crippen LogP contribution in [0.1, 0.15) is 22.4 Å². The third kappa shape index (κ3) is 5.07. The third-order valence-electron chi connectivity index (χ3n) is 7.60. The molecule has 1 saturated heterocycles. The maximum absolute atomic E-state index is 13.3. The molecule has 0 aliphatic carbocycles. The van der Waals surface area contributed by atoms with Crippen LogP contribution in [0.25, 0.3) is 33.3 Å². The number of fused-ring (bicyclic) bond motifs is 2. The summed E-state index contributed by atoms with van der Waals surface area (Å²) in [5, 5.41) is 27.1. The number of rotatable bonds is 8. The van der Waals surface area contributed by atoms with Crippen molar-refractivity contribution >= 4 is 33.9 Å². The number of aliphatic hydroxyl groups excluding tert-OH is 2. The SMILES string of the molecule is O=C(N[C@@H]1[C@H](O)[C@@H](CO)O[C@H]1n1cnc2c(NCc3nc4ccccc4[nH]3)ncnc21)c1ccc(-c2ccccc2)cc1. The van der Waals surface area contributed by atoms with Gasteiger partial charge in [-0.25, -0.2) is 19.9 Å². The highest BCUT2D eigenvalue weighted by atomic mass is 16.5. The van der Waals surface area contributed by atoms with Crippen molar-refractivity contribution in [1.82, 2.24) is 34.8 Å². The molecule has 0 radical (unpaired) electrons. The first-order valence-corrected chi connectivity index (χ1v) is 13.8. The molecule has 6 aromatic rings. The fourth-order valence-electron chi connectivity index (χ4n) is 5.39. The van der Waals surface area contributed by atoms with Gasteiger partial charge in [-0.1, -0.05) is 54.6 Å². The maximum Gasteiger partial charge on any atom is 0.251 e. The van der Waals surface area contributed by atoms with Crippen molar-refractivity contribution in [2.75, 3.05) is 11.9 Å². The summed E-state index contributed by atoms with van der Waals surface area (Å²) >= 11 is 0. The molecule has 5 N–H and O–H groups in total. The Balaban J connectivity index is 1.12. The number of aliphatic hydroxyl groups is 2. The number of nitrogens with zero attached hydrogens (tertiary/aromatic N) is 5. The Morgan fingerprint density at radius 1 is 0.953 bits per heavy atom. The number of amides is 1. The van der Waals surface area contributed by atoms with Crippen LogP contribution in [0.5, 0.6) is 0 Å². The van der Waals surface area contributed by atoms with E-state index in [1.54, 1.807) is 16.7 Å². The van der Waals surface area contributed by atoms with E-state index < -0.39 is 31.1 Å². The first kappa shape index (κ1) is 26.7. The average Bonchev–Trinajstić information content (AvgIpc) is 3.76. The van der Waals surface area contributed by atoms with E-state index in [-0.39, 0.29) is 5.91 Å². The van der Waals surface area contributed by atoms with Crippen LogP contribution in [0.15, 0.2) is 91.5 Å². The van der Waals surface area contributed by atoms with Crippen molar-refractivity contribution in [3.8, 4) is 11.1 Å². The molecule has 216 valence electrons. The van der Waals surface area contributed by atoms with E-state index in [2.05, 4.69) is 35.6 Å². The van der Waals surface area contributed by atoms with Crippen molar-refractivity contribution in [1.29, 1.82) is 0 Å². The van der Waals surface area contributed by atoms with Gasteiger partial charge in [0.05, 0.1) is 30.5 Å². The number of aromatic nitrogens is 6. The van der Waals surface area contributed by atoms with Gasteiger partial charge in [0.1, 0.15) is 30.4 Å². The van der Waals surface area contributed by atoms with Crippen molar-refractivity contribution in [3.05, 3.63) is 103 Å². The smallest absolute Gasteiger partial charge is 0.251 e. The quantitative estimate of drug-likeness (QED) is 0.183. The van der Waals surface area contributed by atoms with Gasteiger partial charge in [-0.2, -0.15) is 0 Å². The lowest BCUT2D eigenvalue weighted by atomic mass is 10.0. The Labute approximate surface area is 245 Å². The van der Waals surface area contributed by atoms with Gasteiger partial charge in [0.2, 0.25) is 0 Å². The van der Waals surface area contributed by atoms with Gasteiger partial charge in [0.25, 0.3) is 5.91 Å². The molecule has 1 amide bonds. The lowest BCUT2D eigenvalue weighted by molar-refractivity contribution is -0.0440. The molecule has 4 heterocycles. The van der Waals surface area contributed by atoms with Gasteiger partial charge in [0.15, 0.2) is 23.2 Å². The summed E-state index contributed by atoms with van der Waals surface area (Å²) in [6.07, 6.45) is -0.0504. The second kappa shape index (κ2) is 11.2. The number of ether oxygens (including phenoxy) is 1. The molecule has 1 aliphatic heterocycles. The summed E-state index contributed by atoms with van der Waals surface area (Å²) in [5.41, 5.74) is 5.16. The van der Waals surface area contributed by atoms with Crippen molar-refractivity contribution in [3.63, 3.8) is 0 Å². The Morgan fingerprint density at radius 2 is 1.72 bits per heavy atom. The molecule has 3 aromatic carbocycles. The number of hydrogen-bond donors (Lipinski definition) is 5. The summed E-state index contributed by atoms with van der Waals surface area (Å²) in [4.78, 5) is 34.4. The first-order valence-electron chi connectivity index (χ1n) is 13.8. The van der Waals surface area contributed by atoms with E-state index in [1.165, 1.54) is 12.7 Å². The van der Waals surface area contributed by atoms with Crippen LogP contribution in [0.3, 0.4) is 0 Å². The van der Waals surface area contributed by atoms with Crippen LogP contribution in [-0.4, -0.2) is 70.5 Å². The standard InChI is InChI=1S/C31H28N8O4/c40-15-23-27(41)25(38-30(42)20-12-10-19(11-13-20)18-6-2-1-3-7-18)31(43-23)39-17-35-26-28(33-16-34-29(26)39)32-14-24-36-21-8-4-5-9-22(21)37-24/h1-13,16-17,23,25,27,31,40-41H,14-15H2,(H,36,37)(H,38,42)(H,32,33,34)/t23-,25-,27-,31-/m1/s1. The maximum atomic E-state index is 13.3. The summed E-state index contributed by atoms with van der Waals surface area (Å²) in [5.74, 6) is 0.837. The number of aromatic amines is 1. The van der Waals surface area contributed by atoms with E-state index in [0.29, 0.717) is 29.1 Å². The molecule has 12 heteroatoms. The normalized spacial score (nSPS) is 20.0. The number of benzene rings is 3. The van der Waals surface area contributed by atoms with Gasteiger partial charge in [-0.3, -0.25) is 9.36 Å². The van der Waals surface area contributed by atoms with Crippen molar-refractivity contribution in [2.45, 2.75) is 31.0 Å². The lowest BCUT2D eigenvalue weighted by Crippen LogP contribution is -2.46. The zero-order valence-electron chi connectivity index (χ0n) is 22.8. The summed E-state index contributed by atoms with van der Waals surface area (Å²) < 4.78 is 7.65. The highest BCUT2D eigenvalue weighted by Crippen LogP contribution is 2.33. The molecule has 0 unspecified atom stereocenters. The number of H-pyrrole nitrogens is 1. The average molecular weight is 577 g/mol. The number of para-hydroxylation sites is 2. The second-order valence-electron chi connectivity index (χ2n) is 10.3. The fraction of sp³-hybridized carbons (Fsp3) is 0.194. The molecular formula is C31H28N8O4. The molecule has 3 aromatic heterocycles. The summed E-state index contributed by atoms with van der Waals surface area (Å²) in [7, 11) is 0. The summed E-state index contributed by atoms with van der Waals surface area (Å²) in [6, 6.07) is 24.0. The van der Waals surface area contributed by atoms with Gasteiger partial charge >= 0.3 is 0 Å². The third-order valence-corrected chi connectivity index (χ3v) is 7.60. The molecule has 0 spiro atoms. The van der Waals surface area contributed by atoms with E-state index in [4.69, 9.17) is 4.74 Å². The first-order chi connectivity index (χ1) is 21.1. The zero-order chi connectivity index (χ0) is 29.3. The molecular weight excluding hydrogens is 548 g/mol. The van der Waals surface area contributed by atoms with Crippen LogP contribution in [0.4, 0.5) is 5.82 Å². The summed E-state index contributed by atoms with van der Waals surface area (Å²) in [6.45, 7) is -0.0532. The minimum Gasteiger partial charge on any atom is -0.394 e. The predicted molar refractivity (Wildman–Crippen MR) is 159 cm³/mol. The molecule has 12 nitrogen and oxygen atoms in total. The zero-order valence-corrected chi connectivity index (χ0v) is 22.8. The topological polar surface area (TPSA) is 163 Å². The predicted octanol–water partition coefficient (Wildman–Crippen LogP) is 3.03. The molecule has 1 fully saturated rings. The number of hydrogen-bond acceptors (Lipinski definition) is 9. The number of carbonyl (C=O) groups excluding carboxylic acids is 1. The van der Waals surface area contributed by atoms with Gasteiger partial charge in [-0.15, -0.1) is 0 Å². The van der Waals surface area contributed by atoms with Crippen molar-refractivity contribution < 1.29 is 19.7 Å². The second-order valence-corrected chi connectivity index (χ2v) is 10.3. The van der Waals surface area contributed by atoms with Crippen LogP contribution < -0.4 is 10.6 Å². The molecule has 0 bridgehead atoms. The van der Waals surface area contributed by atoms with E-state index in [0.717, 1.165) is 28.0 Å². The van der Waals surface area contributed by atoms with Crippen LogP contribution in [-0.2, 0) is 11.3 Å².